The number of aryl methyl sites for hydroxylation is 1. The van der Waals surface area contributed by atoms with E-state index in [0.717, 1.165) is 43.1 Å². The van der Waals surface area contributed by atoms with E-state index in [2.05, 4.69) is 4.90 Å². The minimum Gasteiger partial charge on any atom is -0.497 e. The molecule has 1 fully saturated rings. The van der Waals surface area contributed by atoms with Gasteiger partial charge in [0.15, 0.2) is 0 Å². The number of rotatable bonds is 7. The summed E-state index contributed by atoms with van der Waals surface area (Å²) in [6.45, 7) is 3.38. The van der Waals surface area contributed by atoms with Crippen molar-refractivity contribution in [2.24, 2.45) is 0 Å². The van der Waals surface area contributed by atoms with Crippen LogP contribution in [0.3, 0.4) is 0 Å². The molecule has 0 saturated carbocycles. The highest BCUT2D eigenvalue weighted by Crippen LogP contribution is 2.25. The first kappa shape index (κ1) is 21.0. The molecule has 7 nitrogen and oxygen atoms in total. The SMILES string of the molecule is COc1ccc(OC)c(CCC(=O)N2CCCN(CC(=O)N(C)C)CC2)c1. The van der Waals surface area contributed by atoms with Gasteiger partial charge in [-0.1, -0.05) is 0 Å². The molecule has 0 radical (unpaired) electrons. The van der Waals surface area contributed by atoms with Gasteiger partial charge in [0.05, 0.1) is 20.8 Å². The summed E-state index contributed by atoms with van der Waals surface area (Å²) in [6.07, 6.45) is 1.92. The van der Waals surface area contributed by atoms with Crippen molar-refractivity contribution in [3.8, 4) is 11.5 Å². The van der Waals surface area contributed by atoms with Crippen molar-refractivity contribution in [1.82, 2.24) is 14.7 Å². The van der Waals surface area contributed by atoms with E-state index in [1.54, 1.807) is 33.2 Å². The van der Waals surface area contributed by atoms with E-state index in [1.807, 2.05) is 23.1 Å². The normalized spacial score (nSPS) is 15.2. The van der Waals surface area contributed by atoms with Gasteiger partial charge in [0.1, 0.15) is 11.5 Å². The smallest absolute Gasteiger partial charge is 0.236 e. The van der Waals surface area contributed by atoms with Gasteiger partial charge in [-0.25, -0.2) is 0 Å². The minimum atomic E-state index is 0.0971. The van der Waals surface area contributed by atoms with Crippen LogP contribution in [0.25, 0.3) is 0 Å². The number of benzene rings is 1. The molecule has 2 amide bonds. The van der Waals surface area contributed by atoms with E-state index in [1.165, 1.54) is 0 Å². The van der Waals surface area contributed by atoms with Crippen LogP contribution in [0.2, 0.25) is 0 Å². The highest BCUT2D eigenvalue weighted by molar-refractivity contribution is 5.78. The minimum absolute atomic E-state index is 0.0971. The summed E-state index contributed by atoms with van der Waals surface area (Å²) in [4.78, 5) is 30.2. The van der Waals surface area contributed by atoms with E-state index in [4.69, 9.17) is 9.47 Å². The van der Waals surface area contributed by atoms with E-state index < -0.39 is 0 Å². The number of hydrogen-bond acceptors (Lipinski definition) is 5. The van der Waals surface area contributed by atoms with Crippen LogP contribution < -0.4 is 9.47 Å². The van der Waals surface area contributed by atoms with Gasteiger partial charge in [-0.15, -0.1) is 0 Å². The highest BCUT2D eigenvalue weighted by atomic mass is 16.5. The van der Waals surface area contributed by atoms with Gasteiger partial charge >= 0.3 is 0 Å². The van der Waals surface area contributed by atoms with Gasteiger partial charge < -0.3 is 19.3 Å². The molecule has 0 unspecified atom stereocenters. The maximum atomic E-state index is 12.7. The fourth-order valence-electron chi connectivity index (χ4n) is 3.19. The average Bonchev–Trinajstić information content (AvgIpc) is 2.91. The van der Waals surface area contributed by atoms with Crippen LogP contribution in [0.4, 0.5) is 0 Å². The molecule has 1 heterocycles. The molecule has 7 heteroatoms. The second-order valence-electron chi connectivity index (χ2n) is 6.98. The van der Waals surface area contributed by atoms with Crippen molar-refractivity contribution < 1.29 is 19.1 Å². The number of amides is 2. The zero-order valence-corrected chi connectivity index (χ0v) is 16.9. The standard InChI is InChI=1S/C20H31N3O4/c1-21(2)20(25)15-22-10-5-11-23(13-12-22)19(24)9-6-16-14-17(26-3)7-8-18(16)27-4/h7-8,14H,5-6,9-13,15H2,1-4H3. The Balaban J connectivity index is 1.88. The molecule has 1 aliphatic heterocycles. The predicted molar refractivity (Wildman–Crippen MR) is 104 cm³/mol. The summed E-state index contributed by atoms with van der Waals surface area (Å²) in [5.41, 5.74) is 0.971. The Bertz CT molecular complexity index is 648. The number of carbonyl (C=O) groups is 2. The number of ether oxygens (including phenoxy) is 2. The number of nitrogens with zero attached hydrogens (tertiary/aromatic N) is 3. The van der Waals surface area contributed by atoms with Gasteiger partial charge in [0.25, 0.3) is 0 Å². The highest BCUT2D eigenvalue weighted by Gasteiger charge is 2.21. The first-order valence-electron chi connectivity index (χ1n) is 9.35. The molecule has 0 atom stereocenters. The molecule has 1 aliphatic rings. The molecule has 0 aliphatic carbocycles. The summed E-state index contributed by atoms with van der Waals surface area (Å²) in [6, 6.07) is 5.63. The largest absolute Gasteiger partial charge is 0.497 e. The lowest BCUT2D eigenvalue weighted by molar-refractivity contribution is -0.131. The predicted octanol–water partition coefficient (Wildman–Crippen LogP) is 1.26. The quantitative estimate of drug-likeness (QED) is 0.716. The molecule has 2 rings (SSSR count). The lowest BCUT2D eigenvalue weighted by Gasteiger charge is -2.23. The topological polar surface area (TPSA) is 62.3 Å². The third-order valence-corrected chi connectivity index (χ3v) is 4.89. The van der Waals surface area contributed by atoms with Crippen LogP contribution in [0.15, 0.2) is 18.2 Å². The Morgan fingerprint density at radius 2 is 1.85 bits per heavy atom. The van der Waals surface area contributed by atoms with Crippen LogP contribution in [0.5, 0.6) is 11.5 Å². The molecule has 27 heavy (non-hydrogen) atoms. The van der Waals surface area contributed by atoms with Crippen LogP contribution in [0, 0.1) is 0 Å². The second kappa shape index (κ2) is 10.2. The van der Waals surface area contributed by atoms with E-state index in [9.17, 15) is 9.59 Å². The van der Waals surface area contributed by atoms with Crippen LogP contribution in [-0.2, 0) is 16.0 Å². The summed E-state index contributed by atoms with van der Waals surface area (Å²) in [7, 11) is 6.79. The number of hydrogen-bond donors (Lipinski definition) is 0. The Morgan fingerprint density at radius 3 is 2.52 bits per heavy atom. The van der Waals surface area contributed by atoms with E-state index in [0.29, 0.717) is 25.9 Å². The molecule has 0 bridgehead atoms. The van der Waals surface area contributed by atoms with E-state index in [-0.39, 0.29) is 11.8 Å². The van der Waals surface area contributed by atoms with Crippen LogP contribution in [0.1, 0.15) is 18.4 Å². The van der Waals surface area contributed by atoms with Crippen molar-refractivity contribution in [2.45, 2.75) is 19.3 Å². The summed E-state index contributed by atoms with van der Waals surface area (Å²) in [5, 5.41) is 0. The first-order valence-corrected chi connectivity index (χ1v) is 9.35. The molecular weight excluding hydrogens is 346 g/mol. The first-order chi connectivity index (χ1) is 12.9. The lowest BCUT2D eigenvalue weighted by atomic mass is 10.1. The van der Waals surface area contributed by atoms with Gasteiger partial charge in [0.2, 0.25) is 11.8 Å². The second-order valence-corrected chi connectivity index (χ2v) is 6.98. The van der Waals surface area contributed by atoms with Crippen molar-refractivity contribution in [3.63, 3.8) is 0 Å². The molecule has 150 valence electrons. The molecule has 0 N–H and O–H groups in total. The van der Waals surface area contributed by atoms with Gasteiger partial charge in [-0.3, -0.25) is 14.5 Å². The molecule has 1 aromatic carbocycles. The molecule has 1 aromatic rings. The Morgan fingerprint density at radius 1 is 1.07 bits per heavy atom. The molecular formula is C20H31N3O4. The van der Waals surface area contributed by atoms with Crippen molar-refractivity contribution in [3.05, 3.63) is 23.8 Å². The van der Waals surface area contributed by atoms with Gasteiger partial charge in [-0.05, 0) is 36.6 Å². The molecule has 0 spiro atoms. The van der Waals surface area contributed by atoms with Gasteiger partial charge in [-0.2, -0.15) is 0 Å². The zero-order valence-electron chi connectivity index (χ0n) is 16.9. The average molecular weight is 377 g/mol. The van der Waals surface area contributed by atoms with E-state index >= 15 is 0 Å². The maximum absolute atomic E-state index is 12.7. The fraction of sp³-hybridized carbons (Fsp3) is 0.600. The zero-order chi connectivity index (χ0) is 19.8. The third-order valence-electron chi connectivity index (χ3n) is 4.89. The Kier molecular flexibility index (Phi) is 7.91. The summed E-state index contributed by atoms with van der Waals surface area (Å²) in [5.74, 6) is 1.77. The Hall–Kier alpha value is -2.28. The van der Waals surface area contributed by atoms with Crippen molar-refractivity contribution >= 4 is 11.8 Å². The van der Waals surface area contributed by atoms with Gasteiger partial charge in [0, 0.05) is 46.7 Å². The van der Waals surface area contributed by atoms with Crippen molar-refractivity contribution in [2.75, 3.05) is 61.0 Å². The van der Waals surface area contributed by atoms with Crippen molar-refractivity contribution in [1.29, 1.82) is 0 Å². The molecule has 0 aromatic heterocycles. The maximum Gasteiger partial charge on any atom is 0.236 e. The van der Waals surface area contributed by atoms with Crippen LogP contribution in [-0.4, -0.2) is 87.6 Å². The molecule has 1 saturated heterocycles. The summed E-state index contributed by atoms with van der Waals surface area (Å²) < 4.78 is 10.7. The number of likely N-dealkylation sites (N-methyl/N-ethyl adjacent to an activating group) is 1. The number of carbonyl (C=O) groups excluding carboxylic acids is 2. The monoisotopic (exact) mass is 377 g/mol. The lowest BCUT2D eigenvalue weighted by Crippen LogP contribution is -2.39. The Labute approximate surface area is 161 Å². The number of methoxy groups -OCH3 is 2. The van der Waals surface area contributed by atoms with Crippen LogP contribution >= 0.6 is 0 Å². The summed E-state index contributed by atoms with van der Waals surface area (Å²) >= 11 is 0. The third kappa shape index (κ3) is 6.13. The fourth-order valence-corrected chi connectivity index (χ4v) is 3.19.